The summed E-state index contributed by atoms with van der Waals surface area (Å²) in [5, 5.41) is 5.49. The lowest BCUT2D eigenvalue weighted by molar-refractivity contribution is -0.115. The Hall–Kier alpha value is -1.88. The van der Waals surface area contributed by atoms with Gasteiger partial charge in [0.05, 0.1) is 6.42 Å². The molecule has 0 unspecified atom stereocenters. The van der Waals surface area contributed by atoms with Crippen molar-refractivity contribution in [3.63, 3.8) is 0 Å². The van der Waals surface area contributed by atoms with Gasteiger partial charge < -0.3 is 16.4 Å². The summed E-state index contributed by atoms with van der Waals surface area (Å²) in [7, 11) is 0. The summed E-state index contributed by atoms with van der Waals surface area (Å²) in [5.74, 6) is -0.219. The first-order valence-electron chi connectivity index (χ1n) is 5.85. The van der Waals surface area contributed by atoms with Crippen LogP contribution in [-0.4, -0.2) is 23.9 Å². The number of hydrogen-bond donors (Lipinski definition) is 3. The molecule has 5 heteroatoms. The molecule has 0 saturated heterocycles. The van der Waals surface area contributed by atoms with Gasteiger partial charge in [0.25, 0.3) is 5.91 Å². The molecule has 0 spiro atoms. The molecular formula is C13H17N3O2. The van der Waals surface area contributed by atoms with E-state index in [9.17, 15) is 9.59 Å². The van der Waals surface area contributed by atoms with Gasteiger partial charge in [0.2, 0.25) is 5.91 Å². The van der Waals surface area contributed by atoms with E-state index in [2.05, 4.69) is 10.6 Å². The Morgan fingerprint density at radius 2 is 2.22 bits per heavy atom. The number of benzene rings is 1. The third kappa shape index (κ3) is 2.87. The Kier molecular flexibility index (Phi) is 3.09. The molecular weight excluding hydrogens is 230 g/mol. The van der Waals surface area contributed by atoms with Crippen LogP contribution in [0, 0.1) is 0 Å². The van der Waals surface area contributed by atoms with Crippen LogP contribution in [0.5, 0.6) is 0 Å². The van der Waals surface area contributed by atoms with Gasteiger partial charge in [-0.05, 0) is 31.5 Å². The third-order valence-electron chi connectivity index (χ3n) is 2.70. The zero-order chi connectivity index (χ0) is 13.3. The van der Waals surface area contributed by atoms with E-state index in [1.165, 1.54) is 0 Å². The number of nitrogens with two attached hydrogens (primary N) is 1. The van der Waals surface area contributed by atoms with E-state index < -0.39 is 5.54 Å². The molecule has 1 aliphatic rings. The van der Waals surface area contributed by atoms with Crippen LogP contribution in [0.2, 0.25) is 0 Å². The highest BCUT2D eigenvalue weighted by Crippen LogP contribution is 2.23. The van der Waals surface area contributed by atoms with Gasteiger partial charge in [0, 0.05) is 23.3 Å². The number of fused-ring (bicyclic) bond motifs is 1. The first-order chi connectivity index (χ1) is 8.35. The van der Waals surface area contributed by atoms with Crippen molar-refractivity contribution < 1.29 is 9.59 Å². The van der Waals surface area contributed by atoms with Gasteiger partial charge in [-0.25, -0.2) is 0 Å². The number of rotatable bonds is 3. The second kappa shape index (κ2) is 4.42. The fourth-order valence-corrected chi connectivity index (χ4v) is 1.77. The van der Waals surface area contributed by atoms with Crippen LogP contribution in [0.4, 0.5) is 5.69 Å². The lowest BCUT2D eigenvalue weighted by Gasteiger charge is -2.19. The van der Waals surface area contributed by atoms with Crippen LogP contribution in [-0.2, 0) is 11.2 Å². The molecule has 4 N–H and O–H groups in total. The predicted octanol–water partition coefficient (Wildman–Crippen LogP) is 0.648. The van der Waals surface area contributed by atoms with E-state index in [0.29, 0.717) is 18.5 Å². The number of nitrogens with one attached hydrogen (secondary N) is 2. The van der Waals surface area contributed by atoms with Gasteiger partial charge in [0.15, 0.2) is 0 Å². The second-order valence-electron chi connectivity index (χ2n) is 5.27. The molecule has 0 aliphatic carbocycles. The number of carbonyl (C=O) groups is 2. The number of carbonyl (C=O) groups excluding carboxylic acids is 2. The van der Waals surface area contributed by atoms with E-state index in [1.807, 2.05) is 13.8 Å². The maximum absolute atomic E-state index is 11.9. The average molecular weight is 247 g/mol. The van der Waals surface area contributed by atoms with Crippen molar-refractivity contribution in [1.82, 2.24) is 5.32 Å². The summed E-state index contributed by atoms with van der Waals surface area (Å²) >= 11 is 0. The first-order valence-corrected chi connectivity index (χ1v) is 5.85. The molecule has 0 aromatic heterocycles. The number of anilines is 1. The minimum absolute atomic E-state index is 0.0364. The molecule has 1 heterocycles. The van der Waals surface area contributed by atoms with Gasteiger partial charge >= 0.3 is 0 Å². The highest BCUT2D eigenvalue weighted by molar-refractivity contribution is 6.02. The molecule has 0 fully saturated rings. The summed E-state index contributed by atoms with van der Waals surface area (Å²) in [4.78, 5) is 23.1. The van der Waals surface area contributed by atoms with Gasteiger partial charge in [-0.2, -0.15) is 0 Å². The second-order valence-corrected chi connectivity index (χ2v) is 5.27. The first kappa shape index (κ1) is 12.6. The van der Waals surface area contributed by atoms with Crippen molar-refractivity contribution in [3.8, 4) is 0 Å². The summed E-state index contributed by atoms with van der Waals surface area (Å²) in [5.41, 5.74) is 7.53. The zero-order valence-electron chi connectivity index (χ0n) is 10.5. The Labute approximate surface area is 106 Å². The summed E-state index contributed by atoms with van der Waals surface area (Å²) in [6.45, 7) is 4.08. The van der Waals surface area contributed by atoms with E-state index in [0.717, 1.165) is 11.3 Å². The van der Waals surface area contributed by atoms with Gasteiger partial charge in [-0.15, -0.1) is 0 Å². The average Bonchev–Trinajstić information content (AvgIpc) is 2.63. The molecule has 2 rings (SSSR count). The smallest absolute Gasteiger partial charge is 0.251 e. The molecule has 1 aliphatic heterocycles. The Morgan fingerprint density at radius 3 is 2.89 bits per heavy atom. The summed E-state index contributed by atoms with van der Waals surface area (Å²) in [6, 6.07) is 5.22. The standard InChI is InChI=1S/C13H17N3O2/c1-13(2,14)7-15-12(18)9-4-3-8-6-11(17)16-10(8)5-9/h3-5H,6-7,14H2,1-2H3,(H,15,18)(H,16,17). The van der Waals surface area contributed by atoms with Crippen LogP contribution in [0.1, 0.15) is 29.8 Å². The molecule has 18 heavy (non-hydrogen) atoms. The molecule has 2 amide bonds. The molecule has 0 bridgehead atoms. The minimum Gasteiger partial charge on any atom is -0.350 e. The van der Waals surface area contributed by atoms with Crippen LogP contribution in [0.25, 0.3) is 0 Å². The van der Waals surface area contributed by atoms with E-state index in [-0.39, 0.29) is 11.8 Å². The number of hydrogen-bond acceptors (Lipinski definition) is 3. The highest BCUT2D eigenvalue weighted by Gasteiger charge is 2.19. The van der Waals surface area contributed by atoms with Crippen molar-refractivity contribution in [2.24, 2.45) is 5.73 Å². The lowest BCUT2D eigenvalue weighted by Crippen LogP contribution is -2.45. The molecule has 1 aromatic carbocycles. The van der Waals surface area contributed by atoms with Crippen LogP contribution >= 0.6 is 0 Å². The van der Waals surface area contributed by atoms with Crippen molar-refractivity contribution in [1.29, 1.82) is 0 Å². The molecule has 0 radical (unpaired) electrons. The van der Waals surface area contributed by atoms with Gasteiger partial charge in [0.1, 0.15) is 0 Å². The van der Waals surface area contributed by atoms with Crippen LogP contribution in [0.15, 0.2) is 18.2 Å². The van der Waals surface area contributed by atoms with Crippen molar-refractivity contribution in [2.45, 2.75) is 25.8 Å². The fraction of sp³-hybridized carbons (Fsp3) is 0.385. The van der Waals surface area contributed by atoms with Crippen LogP contribution < -0.4 is 16.4 Å². The van der Waals surface area contributed by atoms with Crippen molar-refractivity contribution in [3.05, 3.63) is 29.3 Å². The topological polar surface area (TPSA) is 84.2 Å². The van der Waals surface area contributed by atoms with E-state index >= 15 is 0 Å². The van der Waals surface area contributed by atoms with Gasteiger partial charge in [-0.1, -0.05) is 6.07 Å². The Bertz CT molecular complexity index is 503. The molecule has 5 nitrogen and oxygen atoms in total. The third-order valence-corrected chi connectivity index (χ3v) is 2.70. The highest BCUT2D eigenvalue weighted by atomic mass is 16.2. The molecule has 96 valence electrons. The van der Waals surface area contributed by atoms with Crippen LogP contribution in [0.3, 0.4) is 0 Å². The van der Waals surface area contributed by atoms with E-state index in [4.69, 9.17) is 5.73 Å². The normalized spacial score (nSPS) is 14.1. The summed E-state index contributed by atoms with van der Waals surface area (Å²) < 4.78 is 0. The lowest BCUT2D eigenvalue weighted by atomic mass is 10.1. The maximum Gasteiger partial charge on any atom is 0.251 e. The predicted molar refractivity (Wildman–Crippen MR) is 69.4 cm³/mol. The Morgan fingerprint density at radius 1 is 1.50 bits per heavy atom. The van der Waals surface area contributed by atoms with Crippen molar-refractivity contribution in [2.75, 3.05) is 11.9 Å². The van der Waals surface area contributed by atoms with Gasteiger partial charge in [-0.3, -0.25) is 9.59 Å². The fourth-order valence-electron chi connectivity index (χ4n) is 1.77. The van der Waals surface area contributed by atoms with Crippen molar-refractivity contribution >= 4 is 17.5 Å². The molecule has 1 aromatic rings. The summed E-state index contributed by atoms with van der Waals surface area (Å²) in [6.07, 6.45) is 0.382. The Balaban J connectivity index is 2.08. The zero-order valence-corrected chi connectivity index (χ0v) is 10.5. The quantitative estimate of drug-likeness (QED) is 0.733. The van der Waals surface area contributed by atoms with E-state index in [1.54, 1.807) is 18.2 Å². The molecule has 0 saturated carbocycles. The monoisotopic (exact) mass is 247 g/mol. The minimum atomic E-state index is -0.444. The SMILES string of the molecule is CC(C)(N)CNC(=O)c1ccc2c(c1)NC(=O)C2. The largest absolute Gasteiger partial charge is 0.350 e. The number of amides is 2. The molecule has 0 atom stereocenters. The maximum atomic E-state index is 11.9.